The largest absolute Gasteiger partial charge is 0.477 e. The molecule has 0 aliphatic carbocycles. The third-order valence-corrected chi connectivity index (χ3v) is 4.02. The van der Waals surface area contributed by atoms with E-state index in [-0.39, 0.29) is 11.3 Å². The molecular weight excluding hydrogens is 296 g/mol. The van der Waals surface area contributed by atoms with Gasteiger partial charge in [0.05, 0.1) is 0 Å². The van der Waals surface area contributed by atoms with E-state index in [1.165, 1.54) is 36.4 Å². The van der Waals surface area contributed by atoms with E-state index in [4.69, 9.17) is 4.74 Å². The van der Waals surface area contributed by atoms with E-state index in [0.29, 0.717) is 0 Å². The Morgan fingerprint density at radius 2 is 1.43 bits per heavy atom. The topological polar surface area (TPSA) is 101 Å². The van der Waals surface area contributed by atoms with Gasteiger partial charge in [0.1, 0.15) is 5.75 Å². The Bertz CT molecular complexity index is 727. The van der Waals surface area contributed by atoms with Gasteiger partial charge < -0.3 is 9.84 Å². The predicted molar refractivity (Wildman–Crippen MR) is 74.4 cm³/mol. The highest BCUT2D eigenvalue weighted by Gasteiger charge is 2.55. The van der Waals surface area contributed by atoms with Crippen LogP contribution in [-0.2, 0) is 19.8 Å². The Morgan fingerprint density at radius 1 is 0.952 bits per heavy atom. The van der Waals surface area contributed by atoms with E-state index in [0.717, 1.165) is 0 Å². The van der Waals surface area contributed by atoms with Crippen molar-refractivity contribution in [2.75, 3.05) is 0 Å². The minimum absolute atomic E-state index is 0.00128. The number of carboxylic acids is 1. The molecule has 2 aromatic rings. The number of hydrogen-bond acceptors (Lipinski definition) is 4. The summed E-state index contributed by atoms with van der Waals surface area (Å²) in [6.45, 7) is 0. The summed E-state index contributed by atoms with van der Waals surface area (Å²) in [7, 11) is -5.10. The Morgan fingerprint density at radius 3 is 1.86 bits per heavy atom. The van der Waals surface area contributed by atoms with Crippen molar-refractivity contribution in [1.29, 1.82) is 0 Å². The predicted octanol–water partition coefficient (Wildman–Crippen LogP) is 1.89. The Kier molecular flexibility index (Phi) is 3.97. The van der Waals surface area contributed by atoms with Crippen LogP contribution in [0.3, 0.4) is 0 Å². The first-order valence-electron chi connectivity index (χ1n) is 5.88. The summed E-state index contributed by atoms with van der Waals surface area (Å²) in [6.07, 6.45) is 0. The highest BCUT2D eigenvalue weighted by Crippen LogP contribution is 2.33. The van der Waals surface area contributed by atoms with Gasteiger partial charge in [-0.1, -0.05) is 48.5 Å². The first-order chi connectivity index (χ1) is 9.88. The zero-order chi connectivity index (χ0) is 15.5. The number of carboxylic acid groups (broad SMARTS) is 1. The van der Waals surface area contributed by atoms with Gasteiger partial charge in [-0.05, 0) is 12.1 Å². The number of para-hydroxylation sites is 1. The van der Waals surface area contributed by atoms with Gasteiger partial charge in [0.2, 0.25) is 0 Å². The molecule has 110 valence electrons. The van der Waals surface area contributed by atoms with Gasteiger partial charge in [-0.2, -0.15) is 8.42 Å². The average molecular weight is 308 g/mol. The van der Waals surface area contributed by atoms with Crippen molar-refractivity contribution < 1.29 is 27.6 Å². The molecular formula is C14H12O6S. The highest BCUT2D eigenvalue weighted by molar-refractivity contribution is 7.87. The molecule has 7 heteroatoms. The Hall–Kier alpha value is -2.38. The molecule has 0 bridgehead atoms. The van der Waals surface area contributed by atoms with Crippen LogP contribution in [-0.4, -0.2) is 24.0 Å². The maximum atomic E-state index is 11.7. The van der Waals surface area contributed by atoms with Crippen molar-refractivity contribution in [2.45, 2.75) is 4.93 Å². The molecule has 0 saturated carbocycles. The van der Waals surface area contributed by atoms with Gasteiger partial charge in [0.15, 0.2) is 0 Å². The molecule has 6 nitrogen and oxygen atoms in total. The van der Waals surface area contributed by atoms with Crippen molar-refractivity contribution in [3.8, 4) is 5.75 Å². The molecule has 0 radical (unpaired) electrons. The summed E-state index contributed by atoms with van der Waals surface area (Å²) in [5.41, 5.74) is -0.205. The van der Waals surface area contributed by atoms with Gasteiger partial charge >= 0.3 is 21.0 Å². The molecule has 2 rings (SSSR count). The second-order valence-corrected chi connectivity index (χ2v) is 5.70. The molecule has 1 atom stereocenters. The van der Waals surface area contributed by atoms with Crippen LogP contribution in [0.1, 0.15) is 5.56 Å². The first kappa shape index (κ1) is 15.0. The van der Waals surface area contributed by atoms with E-state index >= 15 is 0 Å². The second-order valence-electron chi connectivity index (χ2n) is 4.18. The smallest absolute Gasteiger partial charge is 0.372 e. The maximum Gasteiger partial charge on any atom is 0.372 e. The van der Waals surface area contributed by atoms with E-state index < -0.39 is 21.0 Å². The minimum atomic E-state index is -5.10. The Balaban J connectivity index is 2.67. The molecule has 0 saturated heterocycles. The number of aliphatic carboxylic acids is 1. The van der Waals surface area contributed by atoms with Crippen LogP contribution >= 0.6 is 0 Å². The summed E-state index contributed by atoms with van der Waals surface area (Å²) in [6, 6.07) is 14.5. The summed E-state index contributed by atoms with van der Waals surface area (Å²) in [5.74, 6) is -1.83. The molecule has 2 aromatic carbocycles. The zero-order valence-electron chi connectivity index (χ0n) is 10.7. The van der Waals surface area contributed by atoms with Crippen molar-refractivity contribution in [3.63, 3.8) is 0 Å². The zero-order valence-corrected chi connectivity index (χ0v) is 11.5. The normalized spacial score (nSPS) is 14.1. The lowest BCUT2D eigenvalue weighted by atomic mass is 10.1. The maximum absolute atomic E-state index is 11.7. The van der Waals surface area contributed by atoms with Gasteiger partial charge in [-0.3, -0.25) is 4.55 Å². The minimum Gasteiger partial charge on any atom is -0.477 e. The third kappa shape index (κ3) is 2.74. The van der Waals surface area contributed by atoms with Crippen LogP contribution in [0.5, 0.6) is 5.75 Å². The first-order valence-corrected chi connectivity index (χ1v) is 7.32. The van der Waals surface area contributed by atoms with Gasteiger partial charge in [0.25, 0.3) is 0 Å². The molecule has 0 amide bonds. The second kappa shape index (κ2) is 5.55. The molecule has 0 aliphatic heterocycles. The molecule has 0 spiro atoms. The number of ether oxygens (including phenoxy) is 1. The van der Waals surface area contributed by atoms with E-state index in [2.05, 4.69) is 0 Å². The number of carbonyl (C=O) groups is 1. The van der Waals surface area contributed by atoms with Crippen molar-refractivity contribution in [3.05, 3.63) is 66.2 Å². The monoisotopic (exact) mass is 308 g/mol. The fourth-order valence-electron chi connectivity index (χ4n) is 1.85. The van der Waals surface area contributed by atoms with E-state index in [1.807, 2.05) is 0 Å². The molecule has 0 aliphatic rings. The van der Waals surface area contributed by atoms with Crippen LogP contribution in [0.2, 0.25) is 0 Å². The van der Waals surface area contributed by atoms with Crippen molar-refractivity contribution >= 4 is 16.1 Å². The van der Waals surface area contributed by atoms with E-state index in [9.17, 15) is 22.9 Å². The van der Waals surface area contributed by atoms with Crippen LogP contribution in [0.25, 0.3) is 0 Å². The molecule has 21 heavy (non-hydrogen) atoms. The van der Waals surface area contributed by atoms with Crippen molar-refractivity contribution in [2.24, 2.45) is 0 Å². The fraction of sp³-hybridized carbons (Fsp3) is 0.0714. The number of benzene rings is 2. The lowest BCUT2D eigenvalue weighted by molar-refractivity contribution is -0.149. The molecule has 0 fully saturated rings. The molecule has 0 aromatic heterocycles. The quantitative estimate of drug-likeness (QED) is 0.818. The molecule has 0 heterocycles. The van der Waals surface area contributed by atoms with E-state index in [1.54, 1.807) is 24.3 Å². The van der Waals surface area contributed by atoms with Crippen molar-refractivity contribution in [1.82, 2.24) is 0 Å². The molecule has 2 N–H and O–H groups in total. The fourth-order valence-corrected chi connectivity index (χ4v) is 2.71. The van der Waals surface area contributed by atoms with Gasteiger partial charge in [-0.15, -0.1) is 0 Å². The number of hydrogen-bond donors (Lipinski definition) is 2. The third-order valence-electron chi connectivity index (χ3n) is 2.80. The summed E-state index contributed by atoms with van der Waals surface area (Å²) in [4.78, 5) is 8.69. The highest BCUT2D eigenvalue weighted by atomic mass is 32.2. The summed E-state index contributed by atoms with van der Waals surface area (Å²) >= 11 is 0. The average Bonchev–Trinajstić information content (AvgIpc) is 2.45. The number of rotatable bonds is 5. The summed E-state index contributed by atoms with van der Waals surface area (Å²) < 4.78 is 38.2. The van der Waals surface area contributed by atoms with Crippen LogP contribution in [0.15, 0.2) is 60.7 Å². The molecule has 1 unspecified atom stereocenters. The SMILES string of the molecule is O=C(O)C(Oc1ccccc1)(c1ccccc1)S(=O)(=O)O. The van der Waals surface area contributed by atoms with Gasteiger partial charge in [0, 0.05) is 5.56 Å². The summed E-state index contributed by atoms with van der Waals surface area (Å²) in [5, 5.41) is 9.41. The van der Waals surface area contributed by atoms with Crippen LogP contribution in [0.4, 0.5) is 0 Å². The Labute approximate surface area is 121 Å². The van der Waals surface area contributed by atoms with Crippen LogP contribution in [0, 0.1) is 0 Å². The van der Waals surface area contributed by atoms with Crippen LogP contribution < -0.4 is 4.74 Å². The standard InChI is InChI=1S/C14H12O6S/c15-13(16)14(21(17,18)19,11-7-3-1-4-8-11)20-12-9-5-2-6-10-12/h1-10H,(H,15,16)(H,17,18,19). The lowest BCUT2D eigenvalue weighted by Gasteiger charge is -2.27. The lowest BCUT2D eigenvalue weighted by Crippen LogP contribution is -2.48. The van der Waals surface area contributed by atoms with Gasteiger partial charge in [-0.25, -0.2) is 4.79 Å².